The molecule has 0 saturated carbocycles. The van der Waals surface area contributed by atoms with Crippen LogP contribution in [0, 0.1) is 6.92 Å². The minimum absolute atomic E-state index is 0.113. The van der Waals surface area contributed by atoms with Crippen molar-refractivity contribution in [2.45, 2.75) is 13.8 Å². The lowest BCUT2D eigenvalue weighted by Crippen LogP contribution is -2.33. The molecular formula is C10H14N2O3. The van der Waals surface area contributed by atoms with Crippen molar-refractivity contribution in [3.05, 3.63) is 23.7 Å². The predicted molar refractivity (Wildman–Crippen MR) is 54.5 cm³/mol. The number of hydrogen-bond acceptors (Lipinski definition) is 3. The van der Waals surface area contributed by atoms with Crippen LogP contribution in [0.5, 0.6) is 0 Å². The first-order valence-electron chi connectivity index (χ1n) is 4.68. The summed E-state index contributed by atoms with van der Waals surface area (Å²) in [5.41, 5.74) is 0. The van der Waals surface area contributed by atoms with Gasteiger partial charge in [0.2, 0.25) is 5.91 Å². The molecule has 0 radical (unpaired) electrons. The summed E-state index contributed by atoms with van der Waals surface area (Å²) >= 11 is 0. The molecule has 0 saturated heterocycles. The molecule has 0 atom stereocenters. The van der Waals surface area contributed by atoms with Crippen molar-refractivity contribution < 1.29 is 14.0 Å². The lowest BCUT2D eigenvalue weighted by molar-refractivity contribution is -0.118. The zero-order valence-corrected chi connectivity index (χ0v) is 8.79. The van der Waals surface area contributed by atoms with Crippen LogP contribution in [0.25, 0.3) is 0 Å². The first-order chi connectivity index (χ1) is 7.09. The highest BCUT2D eigenvalue weighted by atomic mass is 16.3. The highest BCUT2D eigenvalue weighted by Crippen LogP contribution is 2.05. The van der Waals surface area contributed by atoms with E-state index >= 15 is 0 Å². The standard InChI is InChI=1S/C10H14N2O3/c1-7-3-4-9(15-7)10(14)12-6-5-11-8(2)13/h3-4H,5-6H2,1-2H3,(H,11,13)(H,12,14). The quantitative estimate of drug-likeness (QED) is 0.709. The fraction of sp³-hybridized carbons (Fsp3) is 0.400. The monoisotopic (exact) mass is 210 g/mol. The fourth-order valence-electron chi connectivity index (χ4n) is 1.06. The number of rotatable bonds is 4. The Morgan fingerprint density at radius 3 is 2.47 bits per heavy atom. The van der Waals surface area contributed by atoms with Gasteiger partial charge in [0.25, 0.3) is 5.91 Å². The Labute approximate surface area is 87.8 Å². The van der Waals surface area contributed by atoms with Crippen LogP contribution in [0.3, 0.4) is 0 Å². The summed E-state index contributed by atoms with van der Waals surface area (Å²) < 4.78 is 5.12. The van der Waals surface area contributed by atoms with Crippen LogP contribution in [0.1, 0.15) is 23.2 Å². The van der Waals surface area contributed by atoms with Gasteiger partial charge in [-0.2, -0.15) is 0 Å². The normalized spacial score (nSPS) is 9.73. The third-order valence-electron chi connectivity index (χ3n) is 1.75. The molecule has 0 aliphatic rings. The molecule has 1 heterocycles. The van der Waals surface area contributed by atoms with Crippen molar-refractivity contribution in [3.8, 4) is 0 Å². The van der Waals surface area contributed by atoms with Gasteiger partial charge in [-0.15, -0.1) is 0 Å². The van der Waals surface area contributed by atoms with Gasteiger partial charge in [-0.05, 0) is 19.1 Å². The predicted octanol–water partition coefficient (Wildman–Crippen LogP) is 0.454. The molecule has 2 amide bonds. The molecule has 0 bridgehead atoms. The van der Waals surface area contributed by atoms with Crippen LogP contribution in [0.2, 0.25) is 0 Å². The minimum Gasteiger partial charge on any atom is -0.456 e. The molecule has 5 nitrogen and oxygen atoms in total. The Morgan fingerprint density at radius 2 is 1.93 bits per heavy atom. The Bertz CT molecular complexity index is 357. The second-order valence-electron chi connectivity index (χ2n) is 3.15. The van der Waals surface area contributed by atoms with Gasteiger partial charge < -0.3 is 15.1 Å². The summed E-state index contributed by atoms with van der Waals surface area (Å²) in [4.78, 5) is 21.9. The van der Waals surface area contributed by atoms with Crippen molar-refractivity contribution in [1.82, 2.24) is 10.6 Å². The van der Waals surface area contributed by atoms with E-state index in [1.807, 2.05) is 0 Å². The van der Waals surface area contributed by atoms with Gasteiger partial charge in [-0.3, -0.25) is 9.59 Å². The smallest absolute Gasteiger partial charge is 0.287 e. The van der Waals surface area contributed by atoms with E-state index in [0.29, 0.717) is 18.8 Å². The second-order valence-corrected chi connectivity index (χ2v) is 3.15. The number of carbonyl (C=O) groups excluding carboxylic acids is 2. The van der Waals surface area contributed by atoms with Crippen LogP contribution in [-0.4, -0.2) is 24.9 Å². The molecule has 82 valence electrons. The fourth-order valence-corrected chi connectivity index (χ4v) is 1.06. The lowest BCUT2D eigenvalue weighted by atomic mass is 10.4. The summed E-state index contributed by atoms with van der Waals surface area (Å²) in [6.45, 7) is 4.00. The summed E-state index contributed by atoms with van der Waals surface area (Å²) in [5.74, 6) is 0.601. The highest BCUT2D eigenvalue weighted by Gasteiger charge is 2.08. The van der Waals surface area contributed by atoms with E-state index in [1.165, 1.54) is 6.92 Å². The number of nitrogens with one attached hydrogen (secondary N) is 2. The molecule has 0 aromatic carbocycles. The van der Waals surface area contributed by atoms with Gasteiger partial charge in [0.05, 0.1) is 0 Å². The molecule has 0 spiro atoms. The molecule has 0 fully saturated rings. The number of hydrogen-bond donors (Lipinski definition) is 2. The second kappa shape index (κ2) is 5.19. The zero-order chi connectivity index (χ0) is 11.3. The minimum atomic E-state index is -0.270. The van der Waals surface area contributed by atoms with Crippen LogP contribution >= 0.6 is 0 Å². The summed E-state index contributed by atoms with van der Waals surface area (Å²) in [7, 11) is 0. The Kier molecular flexibility index (Phi) is 3.91. The largest absolute Gasteiger partial charge is 0.456 e. The summed E-state index contributed by atoms with van der Waals surface area (Å²) in [6, 6.07) is 3.34. The molecular weight excluding hydrogens is 196 g/mol. The van der Waals surface area contributed by atoms with Crippen molar-refractivity contribution in [3.63, 3.8) is 0 Å². The van der Waals surface area contributed by atoms with Crippen molar-refractivity contribution in [2.75, 3.05) is 13.1 Å². The maximum atomic E-state index is 11.4. The van der Waals surface area contributed by atoms with Crippen LogP contribution in [-0.2, 0) is 4.79 Å². The third-order valence-corrected chi connectivity index (χ3v) is 1.75. The molecule has 5 heteroatoms. The average molecular weight is 210 g/mol. The first kappa shape index (κ1) is 11.3. The van der Waals surface area contributed by atoms with Crippen molar-refractivity contribution in [1.29, 1.82) is 0 Å². The first-order valence-corrected chi connectivity index (χ1v) is 4.68. The van der Waals surface area contributed by atoms with Gasteiger partial charge >= 0.3 is 0 Å². The third kappa shape index (κ3) is 3.84. The van der Waals surface area contributed by atoms with Crippen LogP contribution in [0.15, 0.2) is 16.5 Å². The maximum Gasteiger partial charge on any atom is 0.287 e. The Balaban J connectivity index is 2.28. The molecule has 1 aromatic heterocycles. The van der Waals surface area contributed by atoms with Gasteiger partial charge in [0.15, 0.2) is 5.76 Å². The van der Waals surface area contributed by atoms with Crippen molar-refractivity contribution >= 4 is 11.8 Å². The van der Waals surface area contributed by atoms with E-state index in [0.717, 1.165) is 0 Å². The van der Waals surface area contributed by atoms with Crippen LogP contribution < -0.4 is 10.6 Å². The number of carbonyl (C=O) groups is 2. The SMILES string of the molecule is CC(=O)NCCNC(=O)c1ccc(C)o1. The number of furan rings is 1. The van der Waals surface area contributed by atoms with E-state index in [-0.39, 0.29) is 17.6 Å². The molecule has 1 rings (SSSR count). The van der Waals surface area contributed by atoms with Gasteiger partial charge in [0.1, 0.15) is 5.76 Å². The molecule has 15 heavy (non-hydrogen) atoms. The summed E-state index contributed by atoms with van der Waals surface area (Å²) in [6.07, 6.45) is 0. The van der Waals surface area contributed by atoms with E-state index in [1.54, 1.807) is 19.1 Å². The topological polar surface area (TPSA) is 71.3 Å². The lowest BCUT2D eigenvalue weighted by Gasteiger charge is -2.03. The van der Waals surface area contributed by atoms with Gasteiger partial charge in [-0.1, -0.05) is 0 Å². The average Bonchev–Trinajstić information content (AvgIpc) is 2.59. The van der Waals surface area contributed by atoms with E-state index in [9.17, 15) is 9.59 Å². The van der Waals surface area contributed by atoms with Gasteiger partial charge in [-0.25, -0.2) is 0 Å². The Morgan fingerprint density at radius 1 is 1.27 bits per heavy atom. The van der Waals surface area contributed by atoms with E-state index in [4.69, 9.17) is 4.42 Å². The summed E-state index contributed by atoms with van der Waals surface area (Å²) in [5, 5.41) is 5.19. The Hall–Kier alpha value is -1.78. The van der Waals surface area contributed by atoms with E-state index < -0.39 is 0 Å². The number of aryl methyl sites for hydroxylation is 1. The number of amides is 2. The molecule has 2 N–H and O–H groups in total. The highest BCUT2D eigenvalue weighted by molar-refractivity contribution is 5.91. The van der Waals surface area contributed by atoms with Gasteiger partial charge in [0, 0.05) is 20.0 Å². The van der Waals surface area contributed by atoms with Crippen molar-refractivity contribution in [2.24, 2.45) is 0 Å². The molecule has 1 aromatic rings. The molecule has 0 aliphatic carbocycles. The zero-order valence-electron chi connectivity index (χ0n) is 8.79. The van der Waals surface area contributed by atoms with Crippen LogP contribution in [0.4, 0.5) is 0 Å². The maximum absolute atomic E-state index is 11.4. The van der Waals surface area contributed by atoms with E-state index in [2.05, 4.69) is 10.6 Å². The molecule has 0 aliphatic heterocycles. The molecule has 0 unspecified atom stereocenters.